The number of rotatable bonds is 1. The fourth-order valence-electron chi connectivity index (χ4n) is 3.29. The summed E-state index contributed by atoms with van der Waals surface area (Å²) in [6.07, 6.45) is 5.13. The highest BCUT2D eigenvalue weighted by atomic mass is 16.2. The monoisotopic (exact) mass is 249 g/mol. The summed E-state index contributed by atoms with van der Waals surface area (Å²) >= 11 is 0. The van der Waals surface area contributed by atoms with E-state index in [1.807, 2.05) is 0 Å². The van der Waals surface area contributed by atoms with Crippen LogP contribution in [-0.2, 0) is 9.59 Å². The van der Waals surface area contributed by atoms with Crippen molar-refractivity contribution in [1.82, 2.24) is 10.6 Å². The topological polar surface area (TPSA) is 70.6 Å². The number of nitrogens with one attached hydrogen (secondary N) is 2. The lowest BCUT2D eigenvalue weighted by molar-refractivity contribution is -0.141. The molecule has 2 aliphatic heterocycles. The van der Waals surface area contributed by atoms with Crippen LogP contribution >= 0.6 is 0 Å². The van der Waals surface area contributed by atoms with Gasteiger partial charge in [0.2, 0.25) is 5.91 Å². The minimum absolute atomic E-state index is 0.103. The maximum atomic E-state index is 12.3. The van der Waals surface area contributed by atoms with Gasteiger partial charge >= 0.3 is 0 Å². The van der Waals surface area contributed by atoms with Crippen LogP contribution < -0.4 is 10.6 Å². The molecule has 0 bridgehead atoms. The van der Waals surface area contributed by atoms with Crippen molar-refractivity contribution < 1.29 is 9.59 Å². The Morgan fingerprint density at radius 1 is 1.11 bits per heavy atom. The Kier molecular flexibility index (Phi) is 2.93. The maximum absolute atomic E-state index is 12.3. The van der Waals surface area contributed by atoms with Gasteiger partial charge in [0.15, 0.2) is 0 Å². The predicted octanol–water partition coefficient (Wildman–Crippen LogP) is 0.601. The molecule has 18 heavy (non-hydrogen) atoms. The average Bonchev–Trinajstić information content (AvgIpc) is 2.88. The van der Waals surface area contributed by atoms with Gasteiger partial charge < -0.3 is 10.6 Å². The summed E-state index contributed by atoms with van der Waals surface area (Å²) in [6.45, 7) is 1.86. The molecule has 5 heteroatoms. The van der Waals surface area contributed by atoms with E-state index in [2.05, 4.69) is 15.6 Å². The summed E-state index contributed by atoms with van der Waals surface area (Å²) in [4.78, 5) is 28.7. The highest BCUT2D eigenvalue weighted by Gasteiger charge is 2.50. The van der Waals surface area contributed by atoms with Crippen molar-refractivity contribution in [2.45, 2.75) is 38.5 Å². The quantitative estimate of drug-likeness (QED) is 0.669. The van der Waals surface area contributed by atoms with Crippen LogP contribution in [0.4, 0.5) is 0 Å². The minimum atomic E-state index is -0.823. The molecule has 1 saturated heterocycles. The van der Waals surface area contributed by atoms with Gasteiger partial charge in [0.25, 0.3) is 5.91 Å². The van der Waals surface area contributed by atoms with E-state index in [0.29, 0.717) is 18.7 Å². The zero-order chi connectivity index (χ0) is 12.6. The predicted molar refractivity (Wildman–Crippen MR) is 67.1 cm³/mol. The number of piperidine rings is 1. The van der Waals surface area contributed by atoms with Gasteiger partial charge in [-0.3, -0.25) is 9.59 Å². The Bertz CT molecular complexity index is 404. The molecule has 3 rings (SSSR count). The molecular weight excluding hydrogens is 230 g/mol. The molecule has 0 aromatic rings. The molecule has 2 N–H and O–H groups in total. The molecule has 1 saturated carbocycles. The van der Waals surface area contributed by atoms with Crippen LogP contribution in [0.2, 0.25) is 0 Å². The van der Waals surface area contributed by atoms with Crippen molar-refractivity contribution in [2.75, 3.05) is 13.1 Å². The first-order valence-electron chi connectivity index (χ1n) is 6.87. The Morgan fingerprint density at radius 3 is 2.39 bits per heavy atom. The van der Waals surface area contributed by atoms with E-state index in [4.69, 9.17) is 0 Å². The van der Waals surface area contributed by atoms with E-state index >= 15 is 0 Å². The van der Waals surface area contributed by atoms with Crippen molar-refractivity contribution in [3.8, 4) is 0 Å². The van der Waals surface area contributed by atoms with Gasteiger partial charge in [0.05, 0.1) is 0 Å². The third-order valence-corrected chi connectivity index (χ3v) is 4.49. The summed E-state index contributed by atoms with van der Waals surface area (Å²) in [5.74, 6) is 0.549. The van der Waals surface area contributed by atoms with E-state index in [1.54, 1.807) is 0 Å². The second kappa shape index (κ2) is 4.46. The molecule has 1 spiro atoms. The summed E-state index contributed by atoms with van der Waals surface area (Å²) in [5, 5.41) is 6.18. The smallest absolute Gasteiger partial charge is 0.263 e. The normalized spacial score (nSPS) is 28.3. The second-order valence-corrected chi connectivity index (χ2v) is 5.57. The summed E-state index contributed by atoms with van der Waals surface area (Å²) in [6, 6.07) is 0. The van der Waals surface area contributed by atoms with Crippen molar-refractivity contribution in [3.63, 3.8) is 0 Å². The fourth-order valence-corrected chi connectivity index (χ4v) is 3.29. The Balaban J connectivity index is 1.83. The van der Waals surface area contributed by atoms with Crippen LogP contribution in [0, 0.1) is 11.3 Å². The first-order chi connectivity index (χ1) is 8.72. The van der Waals surface area contributed by atoms with E-state index in [9.17, 15) is 9.59 Å². The number of carbonyl (C=O) groups excluding carboxylic acids is 2. The van der Waals surface area contributed by atoms with Crippen LogP contribution in [0.15, 0.2) is 4.99 Å². The zero-order valence-corrected chi connectivity index (χ0v) is 10.5. The lowest BCUT2D eigenvalue weighted by Gasteiger charge is -2.32. The van der Waals surface area contributed by atoms with Gasteiger partial charge in [-0.15, -0.1) is 0 Å². The van der Waals surface area contributed by atoms with Gasteiger partial charge in [0, 0.05) is 5.92 Å². The Hall–Kier alpha value is -1.23. The molecule has 0 radical (unpaired) electrons. The van der Waals surface area contributed by atoms with Crippen molar-refractivity contribution in [3.05, 3.63) is 0 Å². The summed E-state index contributed by atoms with van der Waals surface area (Å²) in [7, 11) is 0. The molecule has 98 valence electrons. The molecule has 0 aromatic carbocycles. The third kappa shape index (κ3) is 1.77. The van der Waals surface area contributed by atoms with Gasteiger partial charge in [-0.25, -0.2) is 0 Å². The van der Waals surface area contributed by atoms with Gasteiger partial charge in [-0.2, -0.15) is 4.99 Å². The minimum Gasteiger partial charge on any atom is -0.317 e. The van der Waals surface area contributed by atoms with E-state index in [0.717, 1.165) is 38.8 Å². The molecule has 0 atom stereocenters. The van der Waals surface area contributed by atoms with Crippen LogP contribution in [0.1, 0.15) is 38.5 Å². The SMILES string of the molecule is O=C1N=C(C2CCNCC2)NC(=O)C12CCCC2. The lowest BCUT2D eigenvalue weighted by Crippen LogP contribution is -2.54. The number of amidine groups is 1. The lowest BCUT2D eigenvalue weighted by atomic mass is 9.82. The van der Waals surface area contributed by atoms with Crippen LogP contribution in [0.25, 0.3) is 0 Å². The van der Waals surface area contributed by atoms with E-state index in [-0.39, 0.29) is 17.7 Å². The van der Waals surface area contributed by atoms with Gasteiger partial charge in [-0.05, 0) is 38.8 Å². The molecule has 2 amide bonds. The molecule has 0 unspecified atom stereocenters. The second-order valence-electron chi connectivity index (χ2n) is 5.57. The van der Waals surface area contributed by atoms with Gasteiger partial charge in [-0.1, -0.05) is 12.8 Å². The first-order valence-corrected chi connectivity index (χ1v) is 6.87. The van der Waals surface area contributed by atoms with Gasteiger partial charge in [0.1, 0.15) is 11.3 Å². The van der Waals surface area contributed by atoms with E-state index < -0.39 is 5.41 Å². The number of aliphatic imine (C=N–C) groups is 1. The summed E-state index contributed by atoms with van der Waals surface area (Å²) in [5.41, 5.74) is -0.823. The number of amides is 2. The summed E-state index contributed by atoms with van der Waals surface area (Å²) < 4.78 is 0. The molecule has 2 heterocycles. The molecule has 5 nitrogen and oxygen atoms in total. The van der Waals surface area contributed by atoms with Crippen molar-refractivity contribution in [2.24, 2.45) is 16.3 Å². The van der Waals surface area contributed by atoms with Crippen molar-refractivity contribution in [1.29, 1.82) is 0 Å². The first kappa shape index (κ1) is 11.8. The fraction of sp³-hybridized carbons (Fsp3) is 0.769. The maximum Gasteiger partial charge on any atom is 0.263 e. The zero-order valence-electron chi connectivity index (χ0n) is 10.5. The molecule has 1 aliphatic carbocycles. The molecule has 2 fully saturated rings. The average molecular weight is 249 g/mol. The molecular formula is C13H19N3O2. The standard InChI is InChI=1S/C13H19N3O2/c17-11-13(5-1-2-6-13)12(18)16-10(15-11)9-3-7-14-8-4-9/h9,14H,1-8H2,(H,15,16,17,18). The highest BCUT2D eigenvalue weighted by molar-refractivity contribution is 6.19. The largest absolute Gasteiger partial charge is 0.317 e. The van der Waals surface area contributed by atoms with Crippen molar-refractivity contribution >= 4 is 17.6 Å². The Morgan fingerprint density at radius 2 is 1.78 bits per heavy atom. The number of hydrogen-bond acceptors (Lipinski definition) is 3. The third-order valence-electron chi connectivity index (χ3n) is 4.49. The number of carbonyl (C=O) groups is 2. The van der Waals surface area contributed by atoms with Crippen LogP contribution in [-0.4, -0.2) is 30.7 Å². The number of nitrogens with zero attached hydrogens (tertiary/aromatic N) is 1. The van der Waals surface area contributed by atoms with Crippen LogP contribution in [0.5, 0.6) is 0 Å². The highest BCUT2D eigenvalue weighted by Crippen LogP contribution is 2.41. The molecule has 3 aliphatic rings. The van der Waals surface area contributed by atoms with E-state index in [1.165, 1.54) is 0 Å². The van der Waals surface area contributed by atoms with Crippen LogP contribution in [0.3, 0.4) is 0 Å². The number of hydrogen-bond donors (Lipinski definition) is 2. The Labute approximate surface area is 106 Å². The molecule has 0 aromatic heterocycles.